The van der Waals surface area contributed by atoms with Gasteiger partial charge >= 0.3 is 0 Å². The molecule has 5 atom stereocenters. The smallest absolute Gasteiger partial charge is 0.0585 e. The van der Waals surface area contributed by atoms with Crippen LogP contribution in [0.15, 0.2) is 92.7 Å². The number of aliphatic hydroxyl groups is 2. The zero-order valence-corrected chi connectivity index (χ0v) is 34.7. The van der Waals surface area contributed by atoms with Gasteiger partial charge in [-0.15, -0.1) is 0 Å². The lowest BCUT2D eigenvalue weighted by molar-refractivity contribution is 0.116. The minimum Gasteiger partial charge on any atom is -0.393 e. The molecular weight excluding hydrogens is 622 g/mol. The first-order valence-electron chi connectivity index (χ1n) is 18.6. The largest absolute Gasteiger partial charge is 0.393 e. The monoisotopic (exact) mass is 692 g/mol. The van der Waals surface area contributed by atoms with Crippen molar-refractivity contribution < 1.29 is 10.2 Å². The van der Waals surface area contributed by atoms with Crippen molar-refractivity contribution in [3.05, 3.63) is 92.7 Å². The van der Waals surface area contributed by atoms with Gasteiger partial charge < -0.3 is 10.2 Å². The van der Waals surface area contributed by atoms with E-state index in [1.165, 1.54) is 60.0 Å². The van der Waals surface area contributed by atoms with Gasteiger partial charge in [0.15, 0.2) is 0 Å². The molecular formula is C44H70O2P2. The number of aliphatic hydroxyl groups excluding tert-OH is 2. The van der Waals surface area contributed by atoms with Gasteiger partial charge in [0.05, 0.1) is 12.2 Å². The molecule has 4 rings (SSSR count). The maximum Gasteiger partial charge on any atom is 0.0585 e. The van der Waals surface area contributed by atoms with Crippen LogP contribution >= 0.6 is 17.2 Å². The highest BCUT2D eigenvalue weighted by Gasteiger charge is 2.33. The first kappa shape index (κ1) is 41.1. The van der Waals surface area contributed by atoms with E-state index >= 15 is 0 Å². The highest BCUT2D eigenvalue weighted by Crippen LogP contribution is 2.45. The van der Waals surface area contributed by atoms with Crippen molar-refractivity contribution in [1.82, 2.24) is 0 Å². The van der Waals surface area contributed by atoms with E-state index in [1.54, 1.807) is 11.1 Å². The van der Waals surface area contributed by atoms with Gasteiger partial charge in [0.1, 0.15) is 0 Å². The molecule has 0 spiro atoms. The molecule has 0 saturated carbocycles. The lowest BCUT2D eigenvalue weighted by atomic mass is 9.69. The third kappa shape index (κ3) is 11.4. The van der Waals surface area contributed by atoms with Crippen LogP contribution in [0.25, 0.3) is 0 Å². The van der Waals surface area contributed by atoms with Crippen LogP contribution in [0.2, 0.25) is 0 Å². The molecule has 0 amide bonds. The van der Waals surface area contributed by atoms with Crippen LogP contribution in [0.3, 0.4) is 0 Å². The molecule has 4 aliphatic carbocycles. The molecule has 0 radical (unpaired) electrons. The topological polar surface area (TPSA) is 40.5 Å². The number of hydrogen-bond donors (Lipinski definition) is 2. The van der Waals surface area contributed by atoms with E-state index in [-0.39, 0.29) is 23.0 Å². The minimum absolute atomic E-state index is 0.0803. The first-order valence-corrected chi connectivity index (χ1v) is 20.9. The van der Waals surface area contributed by atoms with Crippen LogP contribution < -0.4 is 0 Å². The third-order valence-electron chi connectivity index (χ3n) is 11.5. The zero-order chi connectivity index (χ0) is 35.9. The average molecular weight is 693 g/mol. The van der Waals surface area contributed by atoms with Gasteiger partial charge in [-0.1, -0.05) is 148 Å². The Labute approximate surface area is 299 Å². The molecule has 4 aliphatic rings. The highest BCUT2D eigenvalue weighted by molar-refractivity contribution is 7.45. The Balaban J connectivity index is 0.000000260. The first-order chi connectivity index (χ1) is 22.3. The highest BCUT2D eigenvalue weighted by atomic mass is 31.1. The summed E-state index contributed by atoms with van der Waals surface area (Å²) in [4.78, 5) is 0. The average Bonchev–Trinajstić information content (AvgIpc) is 2.92. The van der Waals surface area contributed by atoms with Gasteiger partial charge in [-0.2, -0.15) is 0 Å². The molecule has 0 saturated heterocycles. The van der Waals surface area contributed by atoms with Crippen molar-refractivity contribution in [3.63, 3.8) is 0 Å². The van der Waals surface area contributed by atoms with Crippen molar-refractivity contribution >= 4 is 17.2 Å². The number of rotatable bonds is 8. The zero-order valence-electron chi connectivity index (χ0n) is 32.7. The second-order valence-corrected chi connectivity index (χ2v) is 19.9. The summed E-state index contributed by atoms with van der Waals surface area (Å²) in [5.74, 6) is 9.88. The van der Waals surface area contributed by atoms with E-state index in [2.05, 4.69) is 137 Å². The predicted octanol–water partition coefficient (Wildman–Crippen LogP) is 13.3. The summed E-state index contributed by atoms with van der Waals surface area (Å²) in [6, 6.07) is 0. The Morgan fingerprint density at radius 2 is 1.08 bits per heavy atom. The summed E-state index contributed by atoms with van der Waals surface area (Å²) in [7, 11) is 1.44. The van der Waals surface area contributed by atoms with Crippen molar-refractivity contribution in [2.24, 2.45) is 27.6 Å². The SMILES string of the molecule is CC1=C(/C=C/P/C=C/C2=C(C)C[C@@H](O)CC2(C)C)C(C)(C)CCC1.CC1=CCCC(C)(C)[C@H]1/C=C/P/C=C/C1=C(C)C[C@@H](O)CC1(C)C. The number of hydrogen-bond acceptors (Lipinski definition) is 2. The fourth-order valence-electron chi connectivity index (χ4n) is 9.01. The predicted molar refractivity (Wildman–Crippen MR) is 217 cm³/mol. The molecule has 0 fully saturated rings. The van der Waals surface area contributed by atoms with Crippen LogP contribution in [0.4, 0.5) is 0 Å². The molecule has 2 N–H and O–H groups in total. The molecule has 0 aromatic rings. The summed E-state index contributed by atoms with van der Waals surface area (Å²) >= 11 is 0. The van der Waals surface area contributed by atoms with Gasteiger partial charge in [-0.05, 0) is 124 Å². The van der Waals surface area contributed by atoms with Crippen LogP contribution in [0.1, 0.15) is 141 Å². The fraction of sp³-hybridized carbons (Fsp3) is 0.636. The normalized spacial score (nSPS) is 29.4. The molecule has 4 heteroatoms. The van der Waals surface area contributed by atoms with Gasteiger partial charge in [0.2, 0.25) is 0 Å². The Kier molecular flexibility index (Phi) is 14.8. The Morgan fingerprint density at radius 1 is 0.625 bits per heavy atom. The van der Waals surface area contributed by atoms with E-state index in [1.807, 2.05) is 0 Å². The molecule has 2 nitrogen and oxygen atoms in total. The van der Waals surface area contributed by atoms with Crippen molar-refractivity contribution in [2.75, 3.05) is 0 Å². The Bertz CT molecular complexity index is 1370. The molecule has 48 heavy (non-hydrogen) atoms. The summed E-state index contributed by atoms with van der Waals surface area (Å²) in [5.41, 5.74) is 11.0. The third-order valence-corrected chi connectivity index (χ3v) is 13.0. The second-order valence-electron chi connectivity index (χ2n) is 17.9. The van der Waals surface area contributed by atoms with Gasteiger partial charge in [0.25, 0.3) is 0 Å². The quantitative estimate of drug-likeness (QED) is 0.196. The lowest BCUT2D eigenvalue weighted by Crippen LogP contribution is -2.28. The number of allylic oxidation sites excluding steroid dienone is 10. The van der Waals surface area contributed by atoms with E-state index in [0.717, 1.165) is 34.3 Å². The Hall–Kier alpha value is -1.30. The van der Waals surface area contributed by atoms with Gasteiger partial charge in [-0.25, -0.2) is 0 Å². The second kappa shape index (κ2) is 17.3. The molecule has 0 heterocycles. The standard InChI is InChI=1S/2C22H35OP/c2*1-16-8-7-11-21(3,4)19(16)9-12-24-13-10-20-17(2)14-18(23)15-22(20,5)6/h9-10,12-13,18,23-24H,7-8,11,14-15H2,1-6H3;8-10,12-13,18-19,23-24H,7,11,14-15H2,1-6H3/b2*12-9+,13-10+/t18-;18-,19+/m11/s1. The van der Waals surface area contributed by atoms with Gasteiger partial charge in [0, 0.05) is 5.92 Å². The van der Waals surface area contributed by atoms with Gasteiger partial charge in [-0.3, -0.25) is 0 Å². The van der Waals surface area contributed by atoms with Crippen molar-refractivity contribution in [3.8, 4) is 0 Å². The van der Waals surface area contributed by atoms with E-state index in [9.17, 15) is 10.2 Å². The summed E-state index contributed by atoms with van der Waals surface area (Å²) < 4.78 is 0. The van der Waals surface area contributed by atoms with Crippen molar-refractivity contribution in [1.29, 1.82) is 0 Å². The Morgan fingerprint density at radius 3 is 1.52 bits per heavy atom. The van der Waals surface area contributed by atoms with Crippen molar-refractivity contribution in [2.45, 2.75) is 153 Å². The van der Waals surface area contributed by atoms with Crippen LogP contribution in [-0.2, 0) is 0 Å². The molecule has 268 valence electrons. The summed E-state index contributed by atoms with van der Waals surface area (Å²) in [5, 5.41) is 20.0. The van der Waals surface area contributed by atoms with Crippen LogP contribution in [-0.4, -0.2) is 22.4 Å². The molecule has 0 bridgehead atoms. The van der Waals surface area contributed by atoms with Crippen LogP contribution in [0, 0.1) is 27.6 Å². The summed E-state index contributed by atoms with van der Waals surface area (Å²) in [6.07, 6.45) is 21.2. The minimum atomic E-state index is -0.178. The molecule has 0 aliphatic heterocycles. The van der Waals surface area contributed by atoms with Crippen LogP contribution in [0.5, 0.6) is 0 Å². The maximum atomic E-state index is 9.99. The fourth-order valence-corrected chi connectivity index (χ4v) is 10.3. The lowest BCUT2D eigenvalue weighted by Gasteiger charge is -2.36. The summed E-state index contributed by atoms with van der Waals surface area (Å²) in [6.45, 7) is 27.4. The van der Waals surface area contributed by atoms with E-state index in [4.69, 9.17) is 0 Å². The molecule has 0 aromatic carbocycles. The molecule has 0 aromatic heterocycles. The van der Waals surface area contributed by atoms with E-state index in [0.29, 0.717) is 25.3 Å². The molecule has 2 unspecified atom stereocenters. The van der Waals surface area contributed by atoms with E-state index < -0.39 is 0 Å². The maximum absolute atomic E-state index is 9.99.